The molecule has 0 bridgehead atoms. The summed E-state index contributed by atoms with van der Waals surface area (Å²) in [6.45, 7) is 8.39. The van der Waals surface area contributed by atoms with Crippen molar-refractivity contribution in [2.24, 2.45) is 0 Å². The molecule has 0 saturated heterocycles. The number of thioether (sulfide) groups is 1. The Hall–Kier alpha value is -2.72. The van der Waals surface area contributed by atoms with Crippen molar-refractivity contribution in [1.82, 2.24) is 19.7 Å². The molecule has 1 fully saturated rings. The van der Waals surface area contributed by atoms with Crippen LogP contribution in [0.1, 0.15) is 72.3 Å². The maximum atomic E-state index is 13.5. The minimum Gasteiger partial charge on any atom is -0.462 e. The zero-order valence-corrected chi connectivity index (χ0v) is 21.5. The van der Waals surface area contributed by atoms with Crippen molar-refractivity contribution in [3.63, 3.8) is 0 Å². The average Bonchev–Trinajstić information content (AvgIpc) is 3.45. The number of carbonyl (C=O) groups is 2. The number of esters is 1. The van der Waals surface area contributed by atoms with Crippen LogP contribution in [0.2, 0.25) is 0 Å². The number of carbonyl (C=O) groups excluding carboxylic acids is 2. The molecule has 10 heteroatoms. The number of ether oxygens (including phenoxy) is 1. The van der Waals surface area contributed by atoms with Crippen molar-refractivity contribution in [3.8, 4) is 0 Å². The quantitative estimate of drug-likeness (QED) is 0.286. The summed E-state index contributed by atoms with van der Waals surface area (Å²) in [6.07, 6.45) is 2.24. The summed E-state index contributed by atoms with van der Waals surface area (Å²) in [6, 6.07) is 10.2. The van der Waals surface area contributed by atoms with Crippen LogP contribution in [0.5, 0.6) is 0 Å². The number of rotatable bonds is 10. The number of amides is 1. The molecule has 0 radical (unpaired) electrons. The molecule has 1 aromatic carbocycles. The molecule has 2 heterocycles. The zero-order chi connectivity index (χ0) is 24.2. The van der Waals surface area contributed by atoms with E-state index >= 15 is 0 Å². The first kappa shape index (κ1) is 24.4. The Bertz CT molecular complexity index is 1150. The topological polar surface area (TPSA) is 90.2 Å². The van der Waals surface area contributed by atoms with Gasteiger partial charge >= 0.3 is 5.97 Å². The Labute approximate surface area is 207 Å². The number of thiazole rings is 1. The minimum absolute atomic E-state index is 0.102. The van der Waals surface area contributed by atoms with Crippen molar-refractivity contribution in [2.75, 3.05) is 17.3 Å². The third-order valence-electron chi connectivity index (χ3n) is 5.41. The molecule has 1 amide bonds. The molecule has 1 saturated carbocycles. The summed E-state index contributed by atoms with van der Waals surface area (Å²) in [4.78, 5) is 32.4. The van der Waals surface area contributed by atoms with E-state index < -0.39 is 5.97 Å². The van der Waals surface area contributed by atoms with Gasteiger partial charge in [0.05, 0.1) is 24.6 Å². The van der Waals surface area contributed by atoms with Crippen molar-refractivity contribution >= 4 is 40.1 Å². The van der Waals surface area contributed by atoms with Gasteiger partial charge in [0.25, 0.3) is 0 Å². The highest BCUT2D eigenvalue weighted by atomic mass is 32.2. The van der Waals surface area contributed by atoms with Crippen LogP contribution in [0.15, 0.2) is 35.5 Å². The molecule has 8 nitrogen and oxygen atoms in total. The normalized spacial score (nSPS) is 13.3. The minimum atomic E-state index is -0.413. The Morgan fingerprint density at radius 1 is 1.24 bits per heavy atom. The highest BCUT2D eigenvalue weighted by molar-refractivity contribution is 7.99. The Morgan fingerprint density at radius 3 is 2.62 bits per heavy atom. The van der Waals surface area contributed by atoms with Crippen LogP contribution in [-0.2, 0) is 16.1 Å². The molecule has 1 aliphatic carbocycles. The predicted octanol–water partition coefficient (Wildman–Crippen LogP) is 5.00. The van der Waals surface area contributed by atoms with Gasteiger partial charge in [0, 0.05) is 12.0 Å². The first-order chi connectivity index (χ1) is 16.4. The molecule has 2 aromatic heterocycles. The molecule has 0 unspecified atom stereocenters. The molecule has 3 aromatic rings. The summed E-state index contributed by atoms with van der Waals surface area (Å²) >= 11 is 2.59. The van der Waals surface area contributed by atoms with Gasteiger partial charge in [-0.2, -0.15) is 0 Å². The van der Waals surface area contributed by atoms with E-state index in [4.69, 9.17) is 4.74 Å². The van der Waals surface area contributed by atoms with Gasteiger partial charge in [-0.3, -0.25) is 9.69 Å². The number of nitrogens with zero attached hydrogens (tertiary/aromatic N) is 5. The van der Waals surface area contributed by atoms with Crippen LogP contribution in [-0.4, -0.2) is 44.0 Å². The van der Waals surface area contributed by atoms with E-state index in [0.29, 0.717) is 28.3 Å². The molecule has 0 N–H and O–H groups in total. The van der Waals surface area contributed by atoms with E-state index in [1.807, 2.05) is 30.3 Å². The lowest BCUT2D eigenvalue weighted by molar-refractivity contribution is -0.116. The molecule has 180 valence electrons. The van der Waals surface area contributed by atoms with Crippen molar-refractivity contribution in [3.05, 3.63) is 52.3 Å². The Morgan fingerprint density at radius 2 is 1.97 bits per heavy atom. The molecule has 1 aliphatic rings. The van der Waals surface area contributed by atoms with Crippen molar-refractivity contribution < 1.29 is 14.3 Å². The highest BCUT2D eigenvalue weighted by Crippen LogP contribution is 2.40. The number of hydrogen-bond acceptors (Lipinski definition) is 8. The zero-order valence-electron chi connectivity index (χ0n) is 19.9. The van der Waals surface area contributed by atoms with Crippen LogP contribution >= 0.6 is 23.1 Å². The largest absolute Gasteiger partial charge is 0.462 e. The van der Waals surface area contributed by atoms with E-state index in [2.05, 4.69) is 33.6 Å². The SMILES string of the molecule is CCOC(=O)c1sc(N(Cc2ccccc2)C(=O)CSc2nnc(C(C)C)n2C2CC2)nc1C. The van der Waals surface area contributed by atoms with Crippen molar-refractivity contribution in [1.29, 1.82) is 0 Å². The van der Waals surface area contributed by atoms with E-state index in [9.17, 15) is 9.59 Å². The van der Waals surface area contributed by atoms with Gasteiger partial charge in [0.2, 0.25) is 5.91 Å². The van der Waals surface area contributed by atoms with Gasteiger partial charge in [-0.1, -0.05) is 67.3 Å². The fourth-order valence-electron chi connectivity index (χ4n) is 3.57. The lowest BCUT2D eigenvalue weighted by atomic mass is 10.2. The first-order valence-electron chi connectivity index (χ1n) is 11.5. The third kappa shape index (κ3) is 5.50. The van der Waals surface area contributed by atoms with E-state index in [1.165, 1.54) is 23.1 Å². The van der Waals surface area contributed by atoms with E-state index in [-0.39, 0.29) is 24.2 Å². The highest BCUT2D eigenvalue weighted by Gasteiger charge is 2.31. The summed E-state index contributed by atoms with van der Waals surface area (Å²) in [5.41, 5.74) is 1.54. The fourth-order valence-corrected chi connectivity index (χ4v) is 5.44. The maximum Gasteiger partial charge on any atom is 0.350 e. The second-order valence-corrected chi connectivity index (χ2v) is 10.4. The smallest absolute Gasteiger partial charge is 0.350 e. The Balaban J connectivity index is 1.57. The van der Waals surface area contributed by atoms with E-state index in [1.54, 1.807) is 18.7 Å². The second-order valence-electron chi connectivity index (χ2n) is 8.48. The molecule has 0 atom stereocenters. The molecular formula is C24H29N5O3S2. The maximum absolute atomic E-state index is 13.5. The summed E-state index contributed by atoms with van der Waals surface area (Å²) in [7, 11) is 0. The summed E-state index contributed by atoms with van der Waals surface area (Å²) in [5, 5.41) is 10.0. The molecule has 34 heavy (non-hydrogen) atoms. The molecule has 0 spiro atoms. The molecular weight excluding hydrogens is 470 g/mol. The standard InChI is InChI=1S/C24H29N5O3S2/c1-5-32-22(31)20-16(4)25-23(34-20)28(13-17-9-7-6-8-10-17)19(30)14-33-24-27-26-21(15(2)3)29(24)18-11-12-18/h6-10,15,18H,5,11-14H2,1-4H3. The second kappa shape index (κ2) is 10.7. The van der Waals surface area contributed by atoms with Gasteiger partial charge in [0.15, 0.2) is 10.3 Å². The Kier molecular flexibility index (Phi) is 7.67. The fraction of sp³-hybridized carbons (Fsp3) is 0.458. The third-order valence-corrected chi connectivity index (χ3v) is 7.49. The molecule has 4 rings (SSSR count). The lowest BCUT2D eigenvalue weighted by Crippen LogP contribution is -2.32. The average molecular weight is 500 g/mol. The van der Waals surface area contributed by atoms with Gasteiger partial charge in [0.1, 0.15) is 10.7 Å². The molecule has 0 aliphatic heterocycles. The van der Waals surface area contributed by atoms with Crippen LogP contribution in [0.25, 0.3) is 0 Å². The van der Waals surface area contributed by atoms with Crippen LogP contribution in [0.3, 0.4) is 0 Å². The van der Waals surface area contributed by atoms with E-state index in [0.717, 1.165) is 29.4 Å². The number of hydrogen-bond donors (Lipinski definition) is 0. The summed E-state index contributed by atoms with van der Waals surface area (Å²) in [5.74, 6) is 0.919. The summed E-state index contributed by atoms with van der Waals surface area (Å²) < 4.78 is 7.35. The number of anilines is 1. The number of aryl methyl sites for hydroxylation is 1. The number of benzene rings is 1. The van der Waals surface area contributed by atoms with Crippen LogP contribution in [0, 0.1) is 6.92 Å². The first-order valence-corrected chi connectivity index (χ1v) is 13.3. The predicted molar refractivity (Wildman–Crippen MR) is 134 cm³/mol. The van der Waals surface area contributed by atoms with Gasteiger partial charge in [-0.15, -0.1) is 10.2 Å². The van der Waals surface area contributed by atoms with Crippen LogP contribution < -0.4 is 4.90 Å². The lowest BCUT2D eigenvalue weighted by Gasteiger charge is -2.20. The van der Waals surface area contributed by atoms with Crippen molar-refractivity contribution in [2.45, 2.75) is 64.2 Å². The number of aromatic nitrogens is 4. The van der Waals surface area contributed by atoms with Gasteiger partial charge in [-0.25, -0.2) is 9.78 Å². The van der Waals surface area contributed by atoms with Gasteiger partial charge < -0.3 is 9.30 Å². The monoisotopic (exact) mass is 499 g/mol. The van der Waals surface area contributed by atoms with Crippen LogP contribution in [0.4, 0.5) is 5.13 Å². The van der Waals surface area contributed by atoms with Gasteiger partial charge in [-0.05, 0) is 32.3 Å².